The van der Waals surface area contributed by atoms with Crippen LogP contribution in [-0.2, 0) is 9.53 Å². The van der Waals surface area contributed by atoms with Crippen LogP contribution in [0, 0.1) is 0 Å². The number of hydrogen-bond donors (Lipinski definition) is 2. The van der Waals surface area contributed by atoms with Gasteiger partial charge in [-0.05, 0) is 68.7 Å². The average molecular weight is 356 g/mol. The lowest BCUT2D eigenvalue weighted by atomic mass is 9.81. The first-order chi connectivity index (χ1) is 12.7. The van der Waals surface area contributed by atoms with Crippen LogP contribution in [0.2, 0.25) is 0 Å². The van der Waals surface area contributed by atoms with Crippen molar-refractivity contribution in [1.82, 2.24) is 10.3 Å². The Balaban J connectivity index is 1.47. The largest absolute Gasteiger partial charge is 0.494 e. The van der Waals surface area contributed by atoms with Crippen molar-refractivity contribution in [1.29, 1.82) is 0 Å². The Hall–Kier alpha value is -2.01. The summed E-state index contributed by atoms with van der Waals surface area (Å²) >= 11 is 0. The molecule has 0 radical (unpaired) electrons. The van der Waals surface area contributed by atoms with Crippen LogP contribution >= 0.6 is 0 Å². The second-order valence-corrected chi connectivity index (χ2v) is 7.46. The first kappa shape index (κ1) is 17.4. The fourth-order valence-electron chi connectivity index (χ4n) is 4.40. The van der Waals surface area contributed by atoms with E-state index in [1.54, 1.807) is 0 Å². The molecule has 1 aliphatic carbocycles. The van der Waals surface area contributed by atoms with Gasteiger partial charge in [0.1, 0.15) is 11.9 Å². The molecule has 2 aliphatic rings. The average Bonchev–Trinajstić information content (AvgIpc) is 3.32. The number of carbonyl (C=O) groups is 1. The highest BCUT2D eigenvalue weighted by Crippen LogP contribution is 2.37. The Labute approximate surface area is 154 Å². The van der Waals surface area contributed by atoms with Crippen LogP contribution in [0.4, 0.5) is 0 Å². The molecule has 1 aromatic heterocycles. The summed E-state index contributed by atoms with van der Waals surface area (Å²) < 4.78 is 11.2. The Morgan fingerprint density at radius 1 is 1.31 bits per heavy atom. The molecule has 3 atom stereocenters. The Morgan fingerprint density at radius 2 is 2.23 bits per heavy atom. The van der Waals surface area contributed by atoms with Gasteiger partial charge < -0.3 is 19.8 Å². The molecule has 0 spiro atoms. The molecule has 2 fully saturated rings. The Bertz CT molecular complexity index is 764. The zero-order valence-electron chi connectivity index (χ0n) is 15.4. The van der Waals surface area contributed by atoms with Crippen molar-refractivity contribution in [2.45, 2.75) is 63.5 Å². The number of fused-ring (bicyclic) bond motifs is 1. The number of ether oxygens (including phenoxy) is 2. The molecule has 2 aromatic rings. The first-order valence-electron chi connectivity index (χ1n) is 9.90. The van der Waals surface area contributed by atoms with Gasteiger partial charge in [-0.2, -0.15) is 0 Å². The van der Waals surface area contributed by atoms with Gasteiger partial charge in [0.2, 0.25) is 5.91 Å². The smallest absolute Gasteiger partial charge is 0.249 e. The summed E-state index contributed by atoms with van der Waals surface area (Å²) in [5.41, 5.74) is 2.49. The number of nitrogens with one attached hydrogen (secondary N) is 2. The fourth-order valence-corrected chi connectivity index (χ4v) is 4.40. The minimum absolute atomic E-state index is 0.0747. The van der Waals surface area contributed by atoms with Gasteiger partial charge in [-0.25, -0.2) is 0 Å². The number of rotatable bonds is 5. The zero-order valence-corrected chi connectivity index (χ0v) is 15.4. The zero-order chi connectivity index (χ0) is 17.9. The molecule has 1 aromatic carbocycles. The lowest BCUT2D eigenvalue weighted by Gasteiger charge is -2.30. The van der Waals surface area contributed by atoms with Gasteiger partial charge in [0, 0.05) is 29.7 Å². The minimum atomic E-state index is -0.239. The van der Waals surface area contributed by atoms with Crippen LogP contribution < -0.4 is 10.1 Å². The lowest BCUT2D eigenvalue weighted by Crippen LogP contribution is -2.43. The van der Waals surface area contributed by atoms with Crippen molar-refractivity contribution in [3.8, 4) is 5.75 Å². The topological polar surface area (TPSA) is 63.3 Å². The molecule has 4 rings (SSSR count). The fraction of sp³-hybridized carbons (Fsp3) is 0.571. The first-order valence-corrected chi connectivity index (χ1v) is 9.90. The van der Waals surface area contributed by atoms with Crippen molar-refractivity contribution in [3.63, 3.8) is 0 Å². The molecule has 1 amide bonds. The molecule has 26 heavy (non-hydrogen) atoms. The molecular weight excluding hydrogens is 328 g/mol. The van der Waals surface area contributed by atoms with E-state index in [-0.39, 0.29) is 18.1 Å². The molecular formula is C21H28N2O3. The van der Waals surface area contributed by atoms with Gasteiger partial charge in [-0.3, -0.25) is 4.79 Å². The summed E-state index contributed by atoms with van der Waals surface area (Å²) in [4.78, 5) is 15.8. The molecule has 1 aliphatic heterocycles. The van der Waals surface area contributed by atoms with Crippen LogP contribution in [0.5, 0.6) is 5.75 Å². The van der Waals surface area contributed by atoms with E-state index in [1.807, 2.05) is 13.0 Å². The molecule has 5 nitrogen and oxygen atoms in total. The monoisotopic (exact) mass is 356 g/mol. The van der Waals surface area contributed by atoms with E-state index >= 15 is 0 Å². The van der Waals surface area contributed by atoms with E-state index in [4.69, 9.17) is 9.47 Å². The standard InChI is InChI=1S/C21H28N2O3/c1-2-25-16-8-9-19-17(12-16)18(13-22-19)14-5-3-6-15(11-14)23-21(24)20-7-4-10-26-20/h8-9,12-15,20,22H,2-7,10-11H2,1H3,(H,23,24)/t14-,15-,20-/m0/s1. The predicted molar refractivity (Wildman–Crippen MR) is 102 cm³/mol. The minimum Gasteiger partial charge on any atom is -0.494 e. The lowest BCUT2D eigenvalue weighted by molar-refractivity contribution is -0.131. The van der Waals surface area contributed by atoms with Crippen molar-refractivity contribution in [2.24, 2.45) is 0 Å². The Morgan fingerprint density at radius 3 is 3.04 bits per heavy atom. The molecule has 2 heterocycles. The maximum atomic E-state index is 12.4. The third kappa shape index (κ3) is 3.58. The van der Waals surface area contributed by atoms with Gasteiger partial charge in [0.25, 0.3) is 0 Å². The van der Waals surface area contributed by atoms with Crippen LogP contribution in [0.15, 0.2) is 24.4 Å². The SMILES string of the molecule is CCOc1ccc2[nH]cc([C@H]3CCC[C@H](NC(=O)[C@@H]4CCCO4)C3)c2c1. The summed E-state index contributed by atoms with van der Waals surface area (Å²) in [5.74, 6) is 1.45. The van der Waals surface area contributed by atoms with Crippen LogP contribution in [-0.4, -0.2) is 36.3 Å². The molecule has 5 heteroatoms. The van der Waals surface area contributed by atoms with Crippen molar-refractivity contribution in [2.75, 3.05) is 13.2 Å². The summed E-state index contributed by atoms with van der Waals surface area (Å²) in [5, 5.41) is 4.48. The van der Waals surface area contributed by atoms with Crippen molar-refractivity contribution in [3.05, 3.63) is 30.0 Å². The highest BCUT2D eigenvalue weighted by molar-refractivity contribution is 5.85. The quantitative estimate of drug-likeness (QED) is 0.854. The summed E-state index contributed by atoms with van der Waals surface area (Å²) in [6.45, 7) is 3.39. The molecule has 1 saturated carbocycles. The molecule has 140 valence electrons. The van der Waals surface area contributed by atoms with E-state index in [2.05, 4.69) is 28.6 Å². The number of aromatic nitrogens is 1. The van der Waals surface area contributed by atoms with Crippen molar-refractivity contribution >= 4 is 16.8 Å². The molecule has 1 saturated heterocycles. The van der Waals surface area contributed by atoms with Gasteiger partial charge in [-0.1, -0.05) is 6.42 Å². The second-order valence-electron chi connectivity index (χ2n) is 7.46. The van der Waals surface area contributed by atoms with E-state index in [0.717, 1.165) is 49.8 Å². The van der Waals surface area contributed by atoms with Crippen LogP contribution in [0.3, 0.4) is 0 Å². The van der Waals surface area contributed by atoms with Crippen LogP contribution in [0.1, 0.15) is 56.9 Å². The number of benzene rings is 1. The maximum Gasteiger partial charge on any atom is 0.249 e. The number of amides is 1. The number of hydrogen-bond acceptors (Lipinski definition) is 3. The van der Waals surface area contributed by atoms with E-state index < -0.39 is 0 Å². The molecule has 2 N–H and O–H groups in total. The van der Waals surface area contributed by atoms with Gasteiger partial charge >= 0.3 is 0 Å². The second kappa shape index (κ2) is 7.70. The number of carbonyl (C=O) groups excluding carboxylic acids is 1. The molecule has 0 bridgehead atoms. The van der Waals surface area contributed by atoms with Crippen molar-refractivity contribution < 1.29 is 14.3 Å². The number of aromatic amines is 1. The number of H-pyrrole nitrogens is 1. The summed E-state index contributed by atoms with van der Waals surface area (Å²) in [6.07, 6.45) is 8.09. The third-order valence-electron chi connectivity index (χ3n) is 5.68. The van der Waals surface area contributed by atoms with Gasteiger partial charge in [-0.15, -0.1) is 0 Å². The summed E-state index contributed by atoms with van der Waals surface area (Å²) in [6, 6.07) is 6.48. The van der Waals surface area contributed by atoms with Gasteiger partial charge in [0.05, 0.1) is 6.61 Å². The summed E-state index contributed by atoms with van der Waals surface area (Å²) in [7, 11) is 0. The predicted octanol–water partition coefficient (Wildman–Crippen LogP) is 3.89. The van der Waals surface area contributed by atoms with Gasteiger partial charge in [0.15, 0.2) is 0 Å². The molecule has 0 unspecified atom stereocenters. The normalized spacial score (nSPS) is 26.1. The van der Waals surface area contributed by atoms with E-state index in [9.17, 15) is 4.79 Å². The highest BCUT2D eigenvalue weighted by atomic mass is 16.5. The van der Waals surface area contributed by atoms with Crippen LogP contribution in [0.25, 0.3) is 10.9 Å². The van der Waals surface area contributed by atoms with E-state index in [0.29, 0.717) is 19.1 Å². The maximum absolute atomic E-state index is 12.4. The van der Waals surface area contributed by atoms with E-state index in [1.165, 1.54) is 10.9 Å². The highest BCUT2D eigenvalue weighted by Gasteiger charge is 2.29. The third-order valence-corrected chi connectivity index (χ3v) is 5.68. The Kier molecular flexibility index (Phi) is 5.16.